The maximum Gasteiger partial charge on any atom is 0.244 e. The summed E-state index contributed by atoms with van der Waals surface area (Å²) in [4.78, 5) is 17.1. The molecular formula is C21H23ClN4O3S. The van der Waals surface area contributed by atoms with Gasteiger partial charge in [0.2, 0.25) is 15.9 Å². The molecule has 0 aliphatic carbocycles. The third-order valence-electron chi connectivity index (χ3n) is 4.64. The van der Waals surface area contributed by atoms with Crippen LogP contribution in [0.15, 0.2) is 67.3 Å². The van der Waals surface area contributed by atoms with Crippen molar-refractivity contribution in [1.29, 1.82) is 0 Å². The molecule has 3 rings (SSSR count). The highest BCUT2D eigenvalue weighted by molar-refractivity contribution is 7.92. The number of para-hydroxylation sites is 1. The van der Waals surface area contributed by atoms with Crippen molar-refractivity contribution in [2.75, 3.05) is 10.6 Å². The largest absolute Gasteiger partial charge is 0.350 e. The summed E-state index contributed by atoms with van der Waals surface area (Å²) in [5.74, 6) is -0.377. The smallest absolute Gasteiger partial charge is 0.244 e. The van der Waals surface area contributed by atoms with Crippen LogP contribution in [0.25, 0.3) is 5.69 Å². The minimum atomic E-state index is -3.70. The number of nitrogens with zero attached hydrogens (tertiary/aromatic N) is 3. The highest BCUT2D eigenvalue weighted by Gasteiger charge is 2.31. The molecule has 0 spiro atoms. The first-order chi connectivity index (χ1) is 14.3. The second kappa shape index (κ2) is 9.32. The van der Waals surface area contributed by atoms with Gasteiger partial charge in [0.05, 0.1) is 24.0 Å². The van der Waals surface area contributed by atoms with Crippen LogP contribution in [-0.4, -0.2) is 36.2 Å². The van der Waals surface area contributed by atoms with Gasteiger partial charge in [0, 0.05) is 24.0 Å². The van der Waals surface area contributed by atoms with Gasteiger partial charge in [-0.15, -0.1) is 0 Å². The highest BCUT2D eigenvalue weighted by Crippen LogP contribution is 2.24. The molecule has 0 saturated heterocycles. The van der Waals surface area contributed by atoms with Crippen LogP contribution >= 0.6 is 11.6 Å². The van der Waals surface area contributed by atoms with Crippen molar-refractivity contribution in [2.45, 2.75) is 25.9 Å². The normalized spacial score (nSPS) is 12.4. The van der Waals surface area contributed by atoms with E-state index < -0.39 is 16.1 Å². The van der Waals surface area contributed by atoms with Crippen molar-refractivity contribution in [1.82, 2.24) is 14.9 Å². The summed E-state index contributed by atoms with van der Waals surface area (Å²) >= 11 is 5.93. The van der Waals surface area contributed by atoms with Crippen molar-refractivity contribution < 1.29 is 13.2 Å². The van der Waals surface area contributed by atoms with Gasteiger partial charge in [0.25, 0.3) is 0 Å². The maximum absolute atomic E-state index is 13.0. The Morgan fingerprint density at radius 2 is 1.90 bits per heavy atom. The SMILES string of the molecule is CC[C@H](C(=O)NCc1ccccc1-n1ccnc1)N(c1ccc(Cl)cc1)S(C)(=O)=O. The zero-order chi connectivity index (χ0) is 21.7. The van der Waals surface area contributed by atoms with Gasteiger partial charge in [-0.25, -0.2) is 13.4 Å². The van der Waals surface area contributed by atoms with Gasteiger partial charge < -0.3 is 9.88 Å². The third kappa shape index (κ3) is 5.01. The molecule has 30 heavy (non-hydrogen) atoms. The molecule has 1 N–H and O–H groups in total. The monoisotopic (exact) mass is 446 g/mol. The van der Waals surface area contributed by atoms with Gasteiger partial charge in [-0.2, -0.15) is 0 Å². The number of aromatic nitrogens is 2. The summed E-state index contributed by atoms with van der Waals surface area (Å²) in [5.41, 5.74) is 2.17. The lowest BCUT2D eigenvalue weighted by atomic mass is 10.1. The van der Waals surface area contributed by atoms with Gasteiger partial charge in [0.1, 0.15) is 6.04 Å². The lowest BCUT2D eigenvalue weighted by Crippen LogP contribution is -2.49. The Bertz CT molecular complexity index is 1100. The van der Waals surface area contributed by atoms with Gasteiger partial charge in [-0.05, 0) is 42.3 Å². The Morgan fingerprint density at radius 1 is 1.20 bits per heavy atom. The van der Waals surface area contributed by atoms with Crippen molar-refractivity contribution in [3.8, 4) is 5.69 Å². The number of anilines is 1. The first-order valence-corrected chi connectivity index (χ1v) is 11.6. The Hall–Kier alpha value is -2.84. The van der Waals surface area contributed by atoms with E-state index in [9.17, 15) is 13.2 Å². The van der Waals surface area contributed by atoms with E-state index >= 15 is 0 Å². The number of amides is 1. The van der Waals surface area contributed by atoms with Crippen LogP contribution in [0.1, 0.15) is 18.9 Å². The standard InChI is InChI=1S/C21H23ClN4O3S/c1-3-19(26(30(2,28)29)18-10-8-17(22)9-11-18)21(27)24-14-16-6-4-5-7-20(16)25-13-12-23-15-25/h4-13,15,19H,3,14H2,1-2H3,(H,24,27)/t19-/m1/s1. The zero-order valence-electron chi connectivity index (χ0n) is 16.7. The number of nitrogens with one attached hydrogen (secondary N) is 1. The molecule has 1 aromatic heterocycles. The maximum atomic E-state index is 13.0. The summed E-state index contributed by atoms with van der Waals surface area (Å²) in [6.07, 6.45) is 6.58. The number of benzene rings is 2. The predicted molar refractivity (Wildman–Crippen MR) is 118 cm³/mol. The fourth-order valence-electron chi connectivity index (χ4n) is 3.26. The summed E-state index contributed by atoms with van der Waals surface area (Å²) in [6, 6.07) is 13.1. The molecule has 0 radical (unpaired) electrons. The van der Waals surface area contributed by atoms with Gasteiger partial charge in [0.15, 0.2) is 0 Å². The van der Waals surface area contributed by atoms with Crippen molar-refractivity contribution in [3.05, 3.63) is 77.8 Å². The van der Waals surface area contributed by atoms with E-state index in [-0.39, 0.29) is 12.5 Å². The van der Waals surface area contributed by atoms with Crippen LogP contribution in [0.4, 0.5) is 5.69 Å². The molecule has 0 unspecified atom stereocenters. The van der Waals surface area contributed by atoms with E-state index in [1.54, 1.807) is 43.7 Å². The minimum Gasteiger partial charge on any atom is -0.350 e. The lowest BCUT2D eigenvalue weighted by molar-refractivity contribution is -0.122. The van der Waals surface area contributed by atoms with Crippen LogP contribution in [0, 0.1) is 0 Å². The molecule has 158 valence electrons. The second-order valence-corrected chi connectivity index (χ2v) is 9.07. The molecule has 0 fully saturated rings. The van der Waals surface area contributed by atoms with E-state index in [1.165, 1.54) is 0 Å². The molecular weight excluding hydrogens is 424 g/mol. The third-order valence-corrected chi connectivity index (χ3v) is 6.07. The molecule has 9 heteroatoms. The van der Waals surface area contributed by atoms with Gasteiger partial charge in [-0.3, -0.25) is 9.10 Å². The Labute approximate surface area is 181 Å². The van der Waals surface area contributed by atoms with Gasteiger partial charge >= 0.3 is 0 Å². The number of halogens is 1. The molecule has 0 saturated carbocycles. The molecule has 0 aliphatic heterocycles. The quantitative estimate of drug-likeness (QED) is 0.574. The second-order valence-electron chi connectivity index (χ2n) is 6.78. The first kappa shape index (κ1) is 21.9. The highest BCUT2D eigenvalue weighted by atomic mass is 35.5. The summed E-state index contributed by atoms with van der Waals surface area (Å²) < 4.78 is 28.0. The molecule has 2 aromatic carbocycles. The number of hydrogen-bond acceptors (Lipinski definition) is 4. The lowest BCUT2D eigenvalue weighted by Gasteiger charge is -2.30. The van der Waals surface area contributed by atoms with Crippen molar-refractivity contribution in [3.63, 3.8) is 0 Å². The Balaban J connectivity index is 1.83. The zero-order valence-corrected chi connectivity index (χ0v) is 18.3. The number of carbonyl (C=O) groups is 1. The van der Waals surface area contributed by atoms with E-state index in [0.717, 1.165) is 21.8 Å². The number of carbonyl (C=O) groups excluding carboxylic acids is 1. The van der Waals surface area contributed by atoms with Crippen LogP contribution in [0.3, 0.4) is 0 Å². The minimum absolute atomic E-state index is 0.252. The summed E-state index contributed by atoms with van der Waals surface area (Å²) in [5, 5.41) is 3.37. The average molecular weight is 447 g/mol. The van der Waals surface area contributed by atoms with Crippen LogP contribution in [0.5, 0.6) is 0 Å². The Kier molecular flexibility index (Phi) is 6.79. The molecule has 7 nitrogen and oxygen atoms in total. The molecule has 3 aromatic rings. The van der Waals surface area contributed by atoms with Crippen molar-refractivity contribution >= 4 is 33.2 Å². The van der Waals surface area contributed by atoms with E-state index in [2.05, 4.69) is 10.3 Å². The summed E-state index contributed by atoms with van der Waals surface area (Å²) in [7, 11) is -3.70. The van der Waals surface area contributed by atoms with Gasteiger partial charge in [-0.1, -0.05) is 36.7 Å². The molecule has 1 heterocycles. The molecule has 1 atom stereocenters. The Morgan fingerprint density at radius 3 is 2.50 bits per heavy atom. The van der Waals surface area contributed by atoms with E-state index in [1.807, 2.05) is 35.0 Å². The fourth-order valence-corrected chi connectivity index (χ4v) is 4.60. The average Bonchev–Trinajstić information content (AvgIpc) is 3.25. The van der Waals surface area contributed by atoms with E-state index in [4.69, 9.17) is 11.6 Å². The van der Waals surface area contributed by atoms with Crippen molar-refractivity contribution in [2.24, 2.45) is 0 Å². The van der Waals surface area contributed by atoms with Crippen LogP contribution < -0.4 is 9.62 Å². The number of imidazole rings is 1. The topological polar surface area (TPSA) is 84.3 Å². The number of sulfonamides is 1. The fraction of sp³-hybridized carbons (Fsp3) is 0.238. The number of rotatable bonds is 8. The van der Waals surface area contributed by atoms with Crippen LogP contribution in [0.2, 0.25) is 5.02 Å². The summed E-state index contributed by atoms with van der Waals surface area (Å²) in [6.45, 7) is 2.03. The molecule has 0 aliphatic rings. The van der Waals surface area contributed by atoms with E-state index in [0.29, 0.717) is 17.1 Å². The first-order valence-electron chi connectivity index (χ1n) is 9.40. The number of hydrogen-bond donors (Lipinski definition) is 1. The van der Waals surface area contributed by atoms with Crippen LogP contribution in [-0.2, 0) is 21.4 Å². The predicted octanol–water partition coefficient (Wildman–Crippen LogP) is 3.39. The molecule has 1 amide bonds. The molecule has 0 bridgehead atoms.